The number of benzene rings is 1. The molecule has 0 aliphatic heterocycles. The smallest absolute Gasteiger partial charge is 0.0202 e. The Morgan fingerprint density at radius 1 is 1.12 bits per heavy atom. The molecule has 2 aromatic rings. The topological polar surface area (TPSA) is 12.0 Å². The quantitative estimate of drug-likeness (QED) is 0.848. The fourth-order valence-corrected chi connectivity index (χ4v) is 2.65. The molecule has 0 bridgehead atoms. The predicted molar refractivity (Wildman–Crippen MR) is 72.0 cm³/mol. The van der Waals surface area contributed by atoms with Crippen LogP contribution in [-0.2, 0) is 6.54 Å². The second kappa shape index (κ2) is 4.81. The Labute approximate surface area is 101 Å². The van der Waals surface area contributed by atoms with E-state index in [1.165, 1.54) is 27.1 Å². The van der Waals surface area contributed by atoms with Crippen LogP contribution < -0.4 is 5.32 Å². The highest BCUT2D eigenvalue weighted by Gasteiger charge is 2.06. The van der Waals surface area contributed by atoms with E-state index in [-0.39, 0.29) is 0 Å². The number of thiophene rings is 1. The van der Waals surface area contributed by atoms with Crippen LogP contribution in [0.5, 0.6) is 0 Å². The van der Waals surface area contributed by atoms with Gasteiger partial charge in [0.05, 0.1) is 0 Å². The maximum Gasteiger partial charge on any atom is 0.0202 e. The summed E-state index contributed by atoms with van der Waals surface area (Å²) in [6, 6.07) is 8.91. The molecule has 1 N–H and O–H groups in total. The number of nitrogens with one attached hydrogen (secondary N) is 1. The van der Waals surface area contributed by atoms with Crippen molar-refractivity contribution < 1.29 is 0 Å². The molecule has 1 heterocycles. The number of hydrogen-bond acceptors (Lipinski definition) is 2. The monoisotopic (exact) mass is 231 g/mol. The number of rotatable bonds is 3. The summed E-state index contributed by atoms with van der Waals surface area (Å²) in [4.78, 5) is 1.39. The van der Waals surface area contributed by atoms with Gasteiger partial charge in [-0.25, -0.2) is 0 Å². The molecule has 2 rings (SSSR count). The Morgan fingerprint density at radius 3 is 2.56 bits per heavy atom. The van der Waals surface area contributed by atoms with Crippen molar-refractivity contribution >= 4 is 11.3 Å². The third-order valence-electron chi connectivity index (χ3n) is 2.83. The first-order valence-corrected chi connectivity index (χ1v) is 6.39. The summed E-state index contributed by atoms with van der Waals surface area (Å²) in [6.07, 6.45) is 0. The van der Waals surface area contributed by atoms with Crippen LogP contribution in [0.4, 0.5) is 0 Å². The third kappa shape index (κ3) is 2.18. The Bertz CT molecular complexity index is 485. The van der Waals surface area contributed by atoms with Gasteiger partial charge in [-0.2, -0.15) is 0 Å². The van der Waals surface area contributed by atoms with Gasteiger partial charge in [-0.3, -0.25) is 0 Å². The van der Waals surface area contributed by atoms with E-state index < -0.39 is 0 Å². The van der Waals surface area contributed by atoms with Crippen molar-refractivity contribution in [3.63, 3.8) is 0 Å². The molecule has 0 radical (unpaired) electrons. The van der Waals surface area contributed by atoms with Crippen LogP contribution in [0, 0.1) is 13.8 Å². The minimum Gasteiger partial charge on any atom is -0.316 e. The van der Waals surface area contributed by atoms with Gasteiger partial charge in [0.1, 0.15) is 0 Å². The average molecular weight is 231 g/mol. The first kappa shape index (κ1) is 11.4. The fourth-order valence-electron chi connectivity index (χ4n) is 1.94. The summed E-state index contributed by atoms with van der Waals surface area (Å²) in [5.41, 5.74) is 5.43. The molecule has 1 nitrogen and oxygen atoms in total. The van der Waals surface area contributed by atoms with Gasteiger partial charge in [-0.1, -0.05) is 12.1 Å². The summed E-state index contributed by atoms with van der Waals surface area (Å²) in [7, 11) is 1.98. The van der Waals surface area contributed by atoms with Crippen LogP contribution in [0.15, 0.2) is 29.6 Å². The normalized spacial score (nSPS) is 10.7. The predicted octanol–water partition coefficient (Wildman–Crippen LogP) is 3.75. The highest BCUT2D eigenvalue weighted by Crippen LogP contribution is 2.30. The molecular weight excluding hydrogens is 214 g/mol. The second-order valence-corrected chi connectivity index (χ2v) is 5.19. The minimum absolute atomic E-state index is 0.927. The van der Waals surface area contributed by atoms with Crippen LogP contribution in [0.3, 0.4) is 0 Å². The van der Waals surface area contributed by atoms with Crippen LogP contribution in [0.1, 0.15) is 16.0 Å². The molecule has 0 spiro atoms. The first-order chi connectivity index (χ1) is 7.72. The van der Waals surface area contributed by atoms with Gasteiger partial charge < -0.3 is 5.32 Å². The van der Waals surface area contributed by atoms with Crippen LogP contribution in [-0.4, -0.2) is 7.05 Å². The van der Waals surface area contributed by atoms with Gasteiger partial charge in [-0.05, 0) is 60.7 Å². The van der Waals surface area contributed by atoms with E-state index in [9.17, 15) is 0 Å². The lowest BCUT2D eigenvalue weighted by Crippen LogP contribution is -2.05. The molecule has 1 aromatic heterocycles. The molecule has 1 aromatic carbocycles. The molecule has 84 valence electrons. The van der Waals surface area contributed by atoms with E-state index in [1.54, 1.807) is 0 Å². The summed E-state index contributed by atoms with van der Waals surface area (Å²) in [6.45, 7) is 5.29. The summed E-state index contributed by atoms with van der Waals surface area (Å²) in [5, 5.41) is 5.35. The number of hydrogen-bond donors (Lipinski definition) is 1. The van der Waals surface area contributed by atoms with Crippen LogP contribution >= 0.6 is 11.3 Å². The molecule has 0 aliphatic rings. The molecule has 0 amide bonds. The van der Waals surface area contributed by atoms with Crippen LogP contribution in [0.25, 0.3) is 11.1 Å². The van der Waals surface area contributed by atoms with Gasteiger partial charge in [0.15, 0.2) is 0 Å². The number of aryl methyl sites for hydroxylation is 2. The van der Waals surface area contributed by atoms with Crippen LogP contribution in [0.2, 0.25) is 0 Å². The molecule has 0 aliphatic carbocycles. The van der Waals surface area contributed by atoms with Crippen molar-refractivity contribution in [1.82, 2.24) is 5.32 Å². The lowest BCUT2D eigenvalue weighted by atomic mass is 9.99. The second-order valence-electron chi connectivity index (χ2n) is 4.07. The molecule has 2 heteroatoms. The molecule has 0 fully saturated rings. The first-order valence-electron chi connectivity index (χ1n) is 5.51. The standard InChI is InChI=1S/C14H17NS/c1-10-4-5-12(9-15-3)8-14(10)13-6-7-16-11(13)2/h4-8,15H,9H2,1-3H3. The fraction of sp³-hybridized carbons (Fsp3) is 0.286. The molecule has 0 saturated heterocycles. The van der Waals surface area contributed by atoms with Crippen molar-refractivity contribution in [2.24, 2.45) is 0 Å². The minimum atomic E-state index is 0.927. The summed E-state index contributed by atoms with van der Waals surface area (Å²) >= 11 is 1.81. The molecule has 0 saturated carbocycles. The zero-order valence-electron chi connectivity index (χ0n) is 10.0. The molecular formula is C14H17NS. The van der Waals surface area contributed by atoms with Gasteiger partial charge in [0.25, 0.3) is 0 Å². The Morgan fingerprint density at radius 2 is 1.94 bits per heavy atom. The van der Waals surface area contributed by atoms with Crippen molar-refractivity contribution in [1.29, 1.82) is 0 Å². The van der Waals surface area contributed by atoms with E-state index in [2.05, 4.69) is 48.8 Å². The van der Waals surface area contributed by atoms with Gasteiger partial charge in [0, 0.05) is 11.4 Å². The van der Waals surface area contributed by atoms with E-state index in [0.717, 1.165) is 6.54 Å². The highest BCUT2D eigenvalue weighted by molar-refractivity contribution is 7.10. The summed E-state index contributed by atoms with van der Waals surface area (Å²) < 4.78 is 0. The maximum atomic E-state index is 3.19. The Balaban J connectivity index is 2.47. The lowest BCUT2D eigenvalue weighted by Gasteiger charge is -2.08. The largest absolute Gasteiger partial charge is 0.316 e. The van der Waals surface area contributed by atoms with E-state index in [4.69, 9.17) is 0 Å². The van der Waals surface area contributed by atoms with Crippen molar-refractivity contribution in [3.05, 3.63) is 45.6 Å². The zero-order valence-corrected chi connectivity index (χ0v) is 10.8. The average Bonchev–Trinajstić information content (AvgIpc) is 2.68. The zero-order chi connectivity index (χ0) is 11.5. The van der Waals surface area contributed by atoms with Crippen molar-refractivity contribution in [3.8, 4) is 11.1 Å². The molecule has 0 unspecified atom stereocenters. The van der Waals surface area contributed by atoms with Gasteiger partial charge >= 0.3 is 0 Å². The Hall–Kier alpha value is -1.12. The summed E-state index contributed by atoms with van der Waals surface area (Å²) in [5.74, 6) is 0. The van der Waals surface area contributed by atoms with E-state index >= 15 is 0 Å². The van der Waals surface area contributed by atoms with Crippen molar-refractivity contribution in [2.45, 2.75) is 20.4 Å². The van der Waals surface area contributed by atoms with E-state index in [0.29, 0.717) is 0 Å². The van der Waals surface area contributed by atoms with Crippen molar-refractivity contribution in [2.75, 3.05) is 7.05 Å². The maximum absolute atomic E-state index is 3.19. The Kier molecular flexibility index (Phi) is 3.42. The lowest BCUT2D eigenvalue weighted by molar-refractivity contribution is 0.818. The van der Waals surface area contributed by atoms with Gasteiger partial charge in [-0.15, -0.1) is 11.3 Å². The highest BCUT2D eigenvalue weighted by atomic mass is 32.1. The van der Waals surface area contributed by atoms with E-state index in [1.807, 2.05) is 18.4 Å². The van der Waals surface area contributed by atoms with Gasteiger partial charge in [0.2, 0.25) is 0 Å². The SMILES string of the molecule is CNCc1ccc(C)c(-c2ccsc2C)c1. The molecule has 16 heavy (non-hydrogen) atoms. The molecule has 0 atom stereocenters. The third-order valence-corrected chi connectivity index (χ3v) is 3.68.